The fourth-order valence-corrected chi connectivity index (χ4v) is 4.74. The lowest BCUT2D eigenvalue weighted by Gasteiger charge is -2.15. The van der Waals surface area contributed by atoms with Crippen molar-refractivity contribution in [3.8, 4) is 0 Å². The summed E-state index contributed by atoms with van der Waals surface area (Å²) in [7, 11) is -1.17. The summed E-state index contributed by atoms with van der Waals surface area (Å²) >= 11 is 1.59. The highest BCUT2D eigenvalue weighted by molar-refractivity contribution is 8.10. The highest BCUT2D eigenvalue weighted by Crippen LogP contribution is 2.14. The van der Waals surface area contributed by atoms with Gasteiger partial charge in [-0.2, -0.15) is 0 Å². The molecule has 0 saturated heterocycles. The van der Waals surface area contributed by atoms with Crippen molar-refractivity contribution in [1.82, 2.24) is 15.3 Å². The molecule has 3 atom stereocenters. The Morgan fingerprint density at radius 3 is 2.65 bits per heavy atom. The lowest BCUT2D eigenvalue weighted by atomic mass is 10.2. The largest absolute Gasteiger partial charge is 0.394 e. The number of rotatable bonds is 10. The van der Waals surface area contributed by atoms with Gasteiger partial charge in [0.1, 0.15) is 0 Å². The molecule has 1 heterocycles. The second-order valence-electron chi connectivity index (χ2n) is 5.78. The van der Waals surface area contributed by atoms with Crippen LogP contribution >= 0.6 is 11.8 Å². The summed E-state index contributed by atoms with van der Waals surface area (Å²) in [6, 6.07) is -0.638. The molecule has 0 spiro atoms. The summed E-state index contributed by atoms with van der Waals surface area (Å²) in [4.78, 5) is 39.3. The number of hydrogen-bond donors (Lipinski definition) is 4. The summed E-state index contributed by atoms with van der Waals surface area (Å²) in [5.74, 6) is -0.377. The van der Waals surface area contributed by atoms with E-state index in [1.54, 1.807) is 18.7 Å². The van der Waals surface area contributed by atoms with E-state index in [0.717, 1.165) is 12.5 Å². The molecule has 0 saturated carbocycles. The van der Waals surface area contributed by atoms with Gasteiger partial charge in [-0.3, -0.25) is 18.8 Å². The maximum Gasteiger partial charge on any atom is 0.325 e. The van der Waals surface area contributed by atoms with E-state index >= 15 is 0 Å². The summed E-state index contributed by atoms with van der Waals surface area (Å²) in [6.45, 7) is 5.32. The predicted molar refractivity (Wildman–Crippen MR) is 106 cm³/mol. The van der Waals surface area contributed by atoms with Crippen molar-refractivity contribution in [3.63, 3.8) is 0 Å². The van der Waals surface area contributed by atoms with E-state index in [4.69, 9.17) is 0 Å². The van der Waals surface area contributed by atoms with Crippen LogP contribution in [-0.2, 0) is 15.6 Å². The lowest BCUT2D eigenvalue weighted by molar-refractivity contribution is -0.117. The zero-order valence-electron chi connectivity index (χ0n) is 15.0. The second kappa shape index (κ2) is 11.1. The first kappa shape index (κ1) is 22.4. The first-order valence-electron chi connectivity index (χ1n) is 8.16. The van der Waals surface area contributed by atoms with Gasteiger partial charge in [0.2, 0.25) is 5.91 Å². The van der Waals surface area contributed by atoms with Gasteiger partial charge in [0.25, 0.3) is 5.56 Å². The number of aromatic amines is 2. The number of aliphatic hydroxyl groups excluding tert-OH is 1. The molecule has 146 valence electrons. The Labute approximate surface area is 158 Å². The average Bonchev–Trinajstić information content (AvgIpc) is 2.57. The molecule has 0 aliphatic carbocycles. The standard InChI is InChI=1S/C16H25N3O5S2/c1-4-10(2)25-9-26(24)8-12(7-20)18-14(21)6-5-13-11(3)17-16(23)19-15(13)22/h5-6,10,12,20H,4,7-9H2,1-3H3,(H,18,21)(H2,17,19,22,23)/b6-5+/t10?,12-,26?/m0/s1. The fourth-order valence-electron chi connectivity index (χ4n) is 1.94. The monoisotopic (exact) mass is 403 g/mol. The van der Waals surface area contributed by atoms with Gasteiger partial charge >= 0.3 is 5.69 Å². The average molecular weight is 404 g/mol. The van der Waals surface area contributed by atoms with Crippen molar-refractivity contribution >= 4 is 34.5 Å². The summed E-state index contributed by atoms with van der Waals surface area (Å²) < 4.78 is 12.0. The van der Waals surface area contributed by atoms with Gasteiger partial charge in [-0.05, 0) is 19.4 Å². The number of H-pyrrole nitrogens is 2. The van der Waals surface area contributed by atoms with E-state index in [9.17, 15) is 23.7 Å². The van der Waals surface area contributed by atoms with Crippen LogP contribution in [0, 0.1) is 6.92 Å². The molecule has 1 aromatic heterocycles. The van der Waals surface area contributed by atoms with E-state index < -0.39 is 34.0 Å². The van der Waals surface area contributed by atoms with Crippen LogP contribution in [0.15, 0.2) is 15.7 Å². The molecular formula is C16H25N3O5S2. The molecule has 1 amide bonds. The van der Waals surface area contributed by atoms with Crippen LogP contribution < -0.4 is 16.6 Å². The van der Waals surface area contributed by atoms with Crippen LogP contribution in [0.5, 0.6) is 0 Å². The first-order valence-corrected chi connectivity index (χ1v) is 10.7. The molecule has 26 heavy (non-hydrogen) atoms. The Morgan fingerprint density at radius 1 is 1.38 bits per heavy atom. The van der Waals surface area contributed by atoms with Gasteiger partial charge in [0.05, 0.1) is 23.3 Å². The Morgan fingerprint density at radius 2 is 2.08 bits per heavy atom. The Hall–Kier alpha value is -1.65. The minimum Gasteiger partial charge on any atom is -0.394 e. The third-order valence-electron chi connectivity index (χ3n) is 3.59. The zero-order chi connectivity index (χ0) is 19.7. The molecule has 0 aromatic carbocycles. The second-order valence-corrected chi connectivity index (χ2v) is 9.07. The van der Waals surface area contributed by atoms with Crippen LogP contribution in [0.25, 0.3) is 6.08 Å². The fraction of sp³-hybridized carbons (Fsp3) is 0.562. The van der Waals surface area contributed by atoms with Crippen LogP contribution in [0.1, 0.15) is 31.5 Å². The van der Waals surface area contributed by atoms with Gasteiger partial charge in [0, 0.05) is 33.6 Å². The molecule has 0 fully saturated rings. The number of hydrogen-bond acceptors (Lipinski definition) is 6. The normalized spacial score (nSPS) is 14.9. The maximum atomic E-state index is 12.0. The molecule has 0 bridgehead atoms. The van der Waals surface area contributed by atoms with Crippen molar-refractivity contribution in [2.45, 2.75) is 38.5 Å². The molecule has 0 aliphatic rings. The van der Waals surface area contributed by atoms with Crippen LogP contribution in [0.2, 0.25) is 0 Å². The number of thioether (sulfide) groups is 1. The lowest BCUT2D eigenvalue weighted by Crippen LogP contribution is -2.40. The maximum absolute atomic E-state index is 12.0. The molecule has 4 N–H and O–H groups in total. The molecule has 2 unspecified atom stereocenters. The van der Waals surface area contributed by atoms with Crippen LogP contribution in [0.3, 0.4) is 0 Å². The molecule has 8 nitrogen and oxygen atoms in total. The minimum atomic E-state index is -1.17. The van der Waals surface area contributed by atoms with E-state index in [-0.39, 0.29) is 17.9 Å². The van der Waals surface area contributed by atoms with Gasteiger partial charge in [-0.1, -0.05) is 13.8 Å². The predicted octanol–water partition coefficient (Wildman–Crippen LogP) is 0.0998. The number of aromatic nitrogens is 2. The molecule has 1 rings (SSSR count). The minimum absolute atomic E-state index is 0.151. The summed E-state index contributed by atoms with van der Waals surface area (Å²) in [6.07, 6.45) is 3.40. The SMILES string of the molecule is CCC(C)SCS(=O)C[C@H](CO)NC(=O)/C=C/c1c(C)[nH]c(=O)[nH]c1=O. The summed E-state index contributed by atoms with van der Waals surface area (Å²) in [5.41, 5.74) is -0.720. The topological polar surface area (TPSA) is 132 Å². The van der Waals surface area contributed by atoms with E-state index in [0.29, 0.717) is 16.0 Å². The third-order valence-corrected chi connectivity index (χ3v) is 6.86. The van der Waals surface area contributed by atoms with Gasteiger partial charge < -0.3 is 15.4 Å². The third kappa shape index (κ3) is 7.71. The number of nitrogens with one attached hydrogen (secondary N) is 3. The molecule has 0 aliphatic heterocycles. The van der Waals surface area contributed by atoms with Gasteiger partial charge in [0.15, 0.2) is 0 Å². The van der Waals surface area contributed by atoms with E-state index in [1.165, 1.54) is 6.08 Å². The highest BCUT2D eigenvalue weighted by atomic mass is 32.2. The number of carbonyl (C=O) groups is 1. The van der Waals surface area contributed by atoms with Crippen molar-refractivity contribution in [2.24, 2.45) is 0 Å². The number of amides is 1. The van der Waals surface area contributed by atoms with Crippen LogP contribution in [0.4, 0.5) is 0 Å². The van der Waals surface area contributed by atoms with Crippen molar-refractivity contribution < 1.29 is 14.1 Å². The van der Waals surface area contributed by atoms with Crippen molar-refractivity contribution in [3.05, 3.63) is 38.2 Å². The quantitative estimate of drug-likeness (QED) is 0.410. The zero-order valence-corrected chi connectivity index (χ0v) is 16.7. The van der Waals surface area contributed by atoms with E-state index in [1.807, 2.05) is 0 Å². The number of carbonyl (C=O) groups excluding carboxylic acids is 1. The highest BCUT2D eigenvalue weighted by Gasteiger charge is 2.14. The number of aliphatic hydroxyl groups is 1. The molecule has 1 aromatic rings. The molecule has 10 heteroatoms. The van der Waals surface area contributed by atoms with Crippen LogP contribution in [-0.4, -0.2) is 53.9 Å². The number of aryl methyl sites for hydroxylation is 1. The Kier molecular flexibility index (Phi) is 9.60. The Balaban J connectivity index is 2.63. The van der Waals surface area contributed by atoms with Crippen molar-refractivity contribution in [2.75, 3.05) is 17.4 Å². The molecular weight excluding hydrogens is 378 g/mol. The van der Waals surface area contributed by atoms with Gasteiger partial charge in [-0.25, -0.2) is 4.79 Å². The Bertz CT molecular complexity index is 772. The summed E-state index contributed by atoms with van der Waals surface area (Å²) in [5, 5.41) is 12.8. The molecule has 0 radical (unpaired) electrons. The first-order chi connectivity index (χ1) is 12.3. The van der Waals surface area contributed by atoms with Gasteiger partial charge in [-0.15, -0.1) is 11.8 Å². The smallest absolute Gasteiger partial charge is 0.325 e. The van der Waals surface area contributed by atoms with Crippen molar-refractivity contribution in [1.29, 1.82) is 0 Å². The van der Waals surface area contributed by atoms with E-state index in [2.05, 4.69) is 29.1 Å².